The monoisotopic (exact) mass is 505 g/mol. The number of rotatable bonds is 6. The van der Waals surface area contributed by atoms with Crippen LogP contribution in [0.1, 0.15) is 0 Å². The maximum atomic E-state index is 12.2. The van der Waals surface area contributed by atoms with Crippen molar-refractivity contribution in [3.8, 4) is 17.0 Å². The number of hydrogen-bond acceptors (Lipinski definition) is 6. The van der Waals surface area contributed by atoms with Gasteiger partial charge in [-0.1, -0.05) is 46.9 Å². The number of amides is 1. The van der Waals surface area contributed by atoms with Crippen molar-refractivity contribution in [1.82, 2.24) is 15.1 Å². The van der Waals surface area contributed by atoms with Gasteiger partial charge in [0.05, 0.1) is 20.8 Å². The third-order valence-electron chi connectivity index (χ3n) is 5.28. The standard InChI is InChI=1S/C23H22Cl3N5O2/c1-30-8-10-31(11-9-30)22-7-6-20(28-29-22)15-2-4-16(5-3-15)27-23(32)14-33-21-13-18(25)17(24)12-19(21)26/h2-7,12-13H,8-11,14H2,1H3,(H,27,32). The summed E-state index contributed by atoms with van der Waals surface area (Å²) in [5.74, 6) is 0.842. The third-order valence-corrected chi connectivity index (χ3v) is 6.29. The van der Waals surface area contributed by atoms with E-state index in [1.165, 1.54) is 12.1 Å². The molecule has 1 amide bonds. The van der Waals surface area contributed by atoms with Crippen LogP contribution in [0, 0.1) is 0 Å². The Hall–Kier alpha value is -2.58. The third kappa shape index (κ3) is 6.06. The molecule has 7 nitrogen and oxygen atoms in total. The van der Waals surface area contributed by atoms with Crippen LogP contribution >= 0.6 is 34.8 Å². The molecule has 172 valence electrons. The summed E-state index contributed by atoms with van der Waals surface area (Å²) in [6.07, 6.45) is 0. The normalized spacial score (nSPS) is 14.2. The van der Waals surface area contributed by atoms with E-state index in [0.717, 1.165) is 43.3 Å². The van der Waals surface area contributed by atoms with Gasteiger partial charge in [0, 0.05) is 43.5 Å². The summed E-state index contributed by atoms with van der Waals surface area (Å²) in [7, 11) is 2.12. The number of carbonyl (C=O) groups excluding carboxylic acids is 1. The summed E-state index contributed by atoms with van der Waals surface area (Å²) < 4.78 is 5.45. The van der Waals surface area contributed by atoms with Gasteiger partial charge in [-0.25, -0.2) is 0 Å². The molecule has 1 aliphatic rings. The van der Waals surface area contributed by atoms with E-state index in [0.29, 0.717) is 15.7 Å². The van der Waals surface area contributed by atoms with Crippen molar-refractivity contribution in [2.45, 2.75) is 0 Å². The Balaban J connectivity index is 1.32. The summed E-state index contributed by atoms with van der Waals surface area (Å²) >= 11 is 17.9. The van der Waals surface area contributed by atoms with Gasteiger partial charge in [-0.05, 0) is 37.4 Å². The zero-order chi connectivity index (χ0) is 23.4. The smallest absolute Gasteiger partial charge is 0.262 e. The van der Waals surface area contributed by atoms with Crippen molar-refractivity contribution in [3.63, 3.8) is 0 Å². The molecule has 1 fully saturated rings. The fourth-order valence-electron chi connectivity index (χ4n) is 3.36. The molecule has 0 unspecified atom stereocenters. The van der Waals surface area contributed by atoms with Crippen molar-refractivity contribution in [3.05, 3.63) is 63.6 Å². The highest BCUT2D eigenvalue weighted by molar-refractivity contribution is 6.43. The molecule has 3 aromatic rings. The van der Waals surface area contributed by atoms with Crippen LogP contribution in [0.5, 0.6) is 5.75 Å². The van der Waals surface area contributed by atoms with E-state index >= 15 is 0 Å². The molecule has 1 saturated heterocycles. The first kappa shape index (κ1) is 23.6. The molecule has 33 heavy (non-hydrogen) atoms. The van der Waals surface area contributed by atoms with Crippen molar-refractivity contribution >= 4 is 52.2 Å². The highest BCUT2D eigenvalue weighted by Crippen LogP contribution is 2.33. The lowest BCUT2D eigenvalue weighted by Crippen LogP contribution is -2.44. The van der Waals surface area contributed by atoms with Gasteiger partial charge in [-0.3, -0.25) is 4.79 Å². The lowest BCUT2D eigenvalue weighted by molar-refractivity contribution is -0.118. The van der Waals surface area contributed by atoms with E-state index in [4.69, 9.17) is 39.5 Å². The highest BCUT2D eigenvalue weighted by atomic mass is 35.5. The van der Waals surface area contributed by atoms with Crippen LogP contribution in [0.3, 0.4) is 0 Å². The summed E-state index contributed by atoms with van der Waals surface area (Å²) in [6, 6.07) is 14.3. The van der Waals surface area contributed by atoms with Crippen LogP contribution in [0.2, 0.25) is 15.1 Å². The zero-order valence-electron chi connectivity index (χ0n) is 17.9. The van der Waals surface area contributed by atoms with Gasteiger partial charge in [-0.15, -0.1) is 10.2 Å². The summed E-state index contributed by atoms with van der Waals surface area (Å²) in [6.45, 7) is 3.70. The Morgan fingerprint density at radius 3 is 2.30 bits per heavy atom. The second-order valence-electron chi connectivity index (χ2n) is 7.68. The van der Waals surface area contributed by atoms with E-state index in [9.17, 15) is 4.79 Å². The maximum Gasteiger partial charge on any atom is 0.262 e. The van der Waals surface area contributed by atoms with E-state index in [1.807, 2.05) is 24.3 Å². The Kier molecular flexibility index (Phi) is 7.55. The Morgan fingerprint density at radius 2 is 1.64 bits per heavy atom. The first-order valence-electron chi connectivity index (χ1n) is 10.3. The number of nitrogens with zero attached hydrogens (tertiary/aromatic N) is 4. The second-order valence-corrected chi connectivity index (χ2v) is 8.90. The molecule has 2 aromatic carbocycles. The minimum atomic E-state index is -0.332. The van der Waals surface area contributed by atoms with Crippen LogP contribution in [-0.2, 0) is 4.79 Å². The van der Waals surface area contributed by atoms with Gasteiger partial charge in [-0.2, -0.15) is 0 Å². The number of anilines is 2. The lowest BCUT2D eigenvalue weighted by atomic mass is 10.1. The van der Waals surface area contributed by atoms with Crippen LogP contribution in [0.15, 0.2) is 48.5 Å². The number of benzene rings is 2. The average Bonchev–Trinajstić information content (AvgIpc) is 2.82. The van der Waals surface area contributed by atoms with Crippen molar-refractivity contribution in [1.29, 1.82) is 0 Å². The van der Waals surface area contributed by atoms with Crippen molar-refractivity contribution in [2.75, 3.05) is 50.1 Å². The Labute approximate surface area is 207 Å². The molecular weight excluding hydrogens is 485 g/mol. The van der Waals surface area contributed by atoms with Gasteiger partial charge in [0.25, 0.3) is 5.91 Å². The number of nitrogens with one attached hydrogen (secondary N) is 1. The largest absolute Gasteiger partial charge is 0.482 e. The van der Waals surface area contributed by atoms with Crippen LogP contribution in [0.25, 0.3) is 11.3 Å². The molecule has 1 aliphatic heterocycles. The van der Waals surface area contributed by atoms with E-state index in [1.54, 1.807) is 12.1 Å². The molecule has 0 radical (unpaired) electrons. The molecule has 0 saturated carbocycles. The molecule has 0 atom stereocenters. The maximum absolute atomic E-state index is 12.2. The fraction of sp³-hybridized carbons (Fsp3) is 0.261. The first-order valence-corrected chi connectivity index (χ1v) is 11.5. The topological polar surface area (TPSA) is 70.6 Å². The molecule has 4 rings (SSSR count). The quantitative estimate of drug-likeness (QED) is 0.481. The minimum absolute atomic E-state index is 0.224. The number of carbonyl (C=O) groups is 1. The Bertz CT molecular complexity index is 1120. The molecule has 1 N–H and O–H groups in total. The first-order chi connectivity index (χ1) is 15.9. The number of piperazine rings is 1. The number of ether oxygens (including phenoxy) is 1. The summed E-state index contributed by atoms with van der Waals surface area (Å²) in [5, 5.41) is 12.4. The Morgan fingerprint density at radius 1 is 0.939 bits per heavy atom. The molecule has 0 aliphatic carbocycles. The lowest BCUT2D eigenvalue weighted by Gasteiger charge is -2.32. The van der Waals surface area contributed by atoms with Crippen molar-refractivity contribution in [2.24, 2.45) is 0 Å². The molecule has 0 bridgehead atoms. The second kappa shape index (κ2) is 10.6. The molecule has 1 aromatic heterocycles. The van der Waals surface area contributed by atoms with Gasteiger partial charge in [0.1, 0.15) is 5.75 Å². The van der Waals surface area contributed by atoms with E-state index in [-0.39, 0.29) is 23.3 Å². The predicted octanol–water partition coefficient (Wildman–Crippen LogP) is 4.87. The zero-order valence-corrected chi connectivity index (χ0v) is 20.2. The SMILES string of the molecule is CN1CCN(c2ccc(-c3ccc(NC(=O)COc4cc(Cl)c(Cl)cc4Cl)cc3)nn2)CC1. The van der Waals surface area contributed by atoms with E-state index in [2.05, 4.69) is 32.4 Å². The molecular formula is C23H22Cl3N5O2. The van der Waals surface area contributed by atoms with Crippen molar-refractivity contribution < 1.29 is 9.53 Å². The van der Waals surface area contributed by atoms with Gasteiger partial charge < -0.3 is 19.9 Å². The van der Waals surface area contributed by atoms with Crippen LogP contribution < -0.4 is 15.0 Å². The van der Waals surface area contributed by atoms with Gasteiger partial charge in [0.15, 0.2) is 12.4 Å². The number of halogens is 3. The van der Waals surface area contributed by atoms with Crippen LogP contribution in [-0.4, -0.2) is 60.8 Å². The number of hydrogen-bond donors (Lipinski definition) is 1. The molecule has 10 heteroatoms. The average molecular weight is 507 g/mol. The number of aromatic nitrogens is 2. The van der Waals surface area contributed by atoms with Gasteiger partial charge >= 0.3 is 0 Å². The highest BCUT2D eigenvalue weighted by Gasteiger charge is 2.16. The summed E-state index contributed by atoms with van der Waals surface area (Å²) in [4.78, 5) is 16.8. The molecule has 0 spiro atoms. The fourth-order valence-corrected chi connectivity index (χ4v) is 3.95. The predicted molar refractivity (Wildman–Crippen MR) is 133 cm³/mol. The van der Waals surface area contributed by atoms with Crippen LogP contribution in [0.4, 0.5) is 11.5 Å². The van der Waals surface area contributed by atoms with Gasteiger partial charge in [0.2, 0.25) is 0 Å². The molecule has 2 heterocycles. The van der Waals surface area contributed by atoms with E-state index < -0.39 is 0 Å². The minimum Gasteiger partial charge on any atom is -0.482 e. The number of likely N-dealkylation sites (N-methyl/N-ethyl adjacent to an activating group) is 1. The summed E-state index contributed by atoms with van der Waals surface area (Å²) in [5.41, 5.74) is 2.31.